The lowest BCUT2D eigenvalue weighted by atomic mass is 10.1. The molecule has 0 amide bonds. The Bertz CT molecular complexity index is 594. The first-order valence-electron chi connectivity index (χ1n) is 5.81. The summed E-state index contributed by atoms with van der Waals surface area (Å²) < 4.78 is 38.9. The number of nitrogens with zero attached hydrogens (tertiary/aromatic N) is 1. The highest BCUT2D eigenvalue weighted by Crippen LogP contribution is 2.25. The lowest BCUT2D eigenvalue weighted by Gasteiger charge is -2.16. The fraction of sp³-hybridized carbons (Fsp3) is 0.417. The molecule has 0 bridgehead atoms. The van der Waals surface area contributed by atoms with E-state index in [0.29, 0.717) is 5.56 Å². The van der Waals surface area contributed by atoms with Gasteiger partial charge in [0, 0.05) is 13.1 Å². The van der Waals surface area contributed by atoms with Gasteiger partial charge in [-0.1, -0.05) is 0 Å². The average Bonchev–Trinajstić information content (AvgIpc) is 2.77. The Labute approximate surface area is 110 Å². The van der Waals surface area contributed by atoms with Crippen molar-refractivity contribution in [1.82, 2.24) is 4.31 Å². The van der Waals surface area contributed by atoms with Gasteiger partial charge in [0.15, 0.2) is 0 Å². The number of hydrogen-bond donors (Lipinski definition) is 1. The Kier molecular flexibility index (Phi) is 3.60. The first-order valence-corrected chi connectivity index (χ1v) is 7.25. The number of benzene rings is 1. The molecule has 0 radical (unpaired) electrons. The van der Waals surface area contributed by atoms with E-state index in [-0.39, 0.29) is 24.4 Å². The van der Waals surface area contributed by atoms with E-state index in [1.54, 1.807) is 6.92 Å². The van der Waals surface area contributed by atoms with E-state index >= 15 is 0 Å². The van der Waals surface area contributed by atoms with E-state index in [0.717, 1.165) is 10.4 Å². The summed E-state index contributed by atoms with van der Waals surface area (Å²) in [5.41, 5.74) is 0.507. The summed E-state index contributed by atoms with van der Waals surface area (Å²) in [6, 6.07) is 3.58. The summed E-state index contributed by atoms with van der Waals surface area (Å²) in [6.45, 7) is 1.69. The second-order valence-corrected chi connectivity index (χ2v) is 6.59. The van der Waals surface area contributed by atoms with E-state index in [2.05, 4.69) is 0 Å². The van der Waals surface area contributed by atoms with E-state index < -0.39 is 27.7 Å². The van der Waals surface area contributed by atoms with Crippen LogP contribution in [0.4, 0.5) is 4.39 Å². The minimum absolute atomic E-state index is 0.0623. The first kappa shape index (κ1) is 14.0. The standard InChI is InChI=1S/C12H14FNO4S/c1-8-4-10(13)6-11(5-8)19(17,18)14-3-2-9(7-14)12(15)16/h4-6,9H,2-3,7H2,1H3,(H,15,16). The molecule has 1 unspecified atom stereocenters. The molecule has 2 rings (SSSR count). The van der Waals surface area contributed by atoms with Crippen molar-refractivity contribution in [1.29, 1.82) is 0 Å². The van der Waals surface area contributed by atoms with Gasteiger partial charge in [0.05, 0.1) is 10.8 Å². The molecule has 1 heterocycles. The van der Waals surface area contributed by atoms with Crippen molar-refractivity contribution in [3.8, 4) is 0 Å². The minimum Gasteiger partial charge on any atom is -0.481 e. The second kappa shape index (κ2) is 4.90. The van der Waals surface area contributed by atoms with Crippen LogP contribution in [0.15, 0.2) is 23.1 Å². The summed E-state index contributed by atoms with van der Waals surface area (Å²) in [5, 5.41) is 8.87. The van der Waals surface area contributed by atoms with Crippen LogP contribution in [0, 0.1) is 18.7 Å². The van der Waals surface area contributed by atoms with Gasteiger partial charge in [-0.25, -0.2) is 12.8 Å². The first-order chi connectivity index (χ1) is 8.80. The molecule has 1 fully saturated rings. The Morgan fingerprint density at radius 3 is 2.63 bits per heavy atom. The molecule has 0 saturated carbocycles. The van der Waals surface area contributed by atoms with Gasteiger partial charge in [0.2, 0.25) is 10.0 Å². The van der Waals surface area contributed by atoms with Crippen molar-refractivity contribution < 1.29 is 22.7 Å². The van der Waals surface area contributed by atoms with Crippen LogP contribution < -0.4 is 0 Å². The zero-order valence-corrected chi connectivity index (χ0v) is 11.2. The van der Waals surface area contributed by atoms with Gasteiger partial charge in [-0.15, -0.1) is 0 Å². The van der Waals surface area contributed by atoms with Gasteiger partial charge < -0.3 is 5.11 Å². The SMILES string of the molecule is Cc1cc(F)cc(S(=O)(=O)N2CCC(C(=O)O)C2)c1. The van der Waals surface area contributed by atoms with Crippen LogP contribution in [0.25, 0.3) is 0 Å². The fourth-order valence-electron chi connectivity index (χ4n) is 2.15. The number of carboxylic acid groups (broad SMARTS) is 1. The minimum atomic E-state index is -3.82. The van der Waals surface area contributed by atoms with Crippen LogP contribution in [0.5, 0.6) is 0 Å². The highest BCUT2D eigenvalue weighted by molar-refractivity contribution is 7.89. The maximum Gasteiger partial charge on any atom is 0.307 e. The van der Waals surface area contributed by atoms with E-state index in [1.165, 1.54) is 12.1 Å². The number of aliphatic carboxylic acids is 1. The predicted molar refractivity (Wildman–Crippen MR) is 65.6 cm³/mol. The third-order valence-electron chi connectivity index (χ3n) is 3.15. The number of halogens is 1. The molecule has 0 aliphatic carbocycles. The lowest BCUT2D eigenvalue weighted by molar-refractivity contribution is -0.141. The summed E-state index contributed by atoms with van der Waals surface area (Å²) in [6.07, 6.45) is 0.281. The molecule has 7 heteroatoms. The number of carbonyl (C=O) groups is 1. The molecule has 1 aromatic carbocycles. The quantitative estimate of drug-likeness (QED) is 0.907. The van der Waals surface area contributed by atoms with Crippen LogP contribution in [0.2, 0.25) is 0 Å². The molecule has 1 aromatic rings. The predicted octanol–water partition coefficient (Wildman–Crippen LogP) is 1.23. The number of sulfonamides is 1. The van der Waals surface area contributed by atoms with Crippen molar-refractivity contribution in [2.24, 2.45) is 5.92 Å². The smallest absolute Gasteiger partial charge is 0.307 e. The maximum atomic E-state index is 13.3. The highest BCUT2D eigenvalue weighted by atomic mass is 32.2. The second-order valence-electron chi connectivity index (χ2n) is 4.65. The third-order valence-corrected chi connectivity index (χ3v) is 5.00. The summed E-state index contributed by atoms with van der Waals surface area (Å²) in [7, 11) is -3.82. The van der Waals surface area contributed by atoms with Crippen LogP contribution in [-0.4, -0.2) is 36.9 Å². The van der Waals surface area contributed by atoms with Crippen molar-refractivity contribution in [2.75, 3.05) is 13.1 Å². The van der Waals surface area contributed by atoms with Crippen molar-refractivity contribution in [2.45, 2.75) is 18.2 Å². The molecule has 19 heavy (non-hydrogen) atoms. The molecule has 1 aliphatic rings. The molecular formula is C12H14FNO4S. The fourth-order valence-corrected chi connectivity index (χ4v) is 3.77. The van der Waals surface area contributed by atoms with Crippen LogP contribution in [0.1, 0.15) is 12.0 Å². The highest BCUT2D eigenvalue weighted by Gasteiger charge is 2.35. The molecule has 0 spiro atoms. The van der Waals surface area contributed by atoms with E-state index in [1.807, 2.05) is 0 Å². The Hall–Kier alpha value is -1.47. The Balaban J connectivity index is 2.31. The van der Waals surface area contributed by atoms with E-state index in [4.69, 9.17) is 5.11 Å². The zero-order valence-electron chi connectivity index (χ0n) is 10.3. The van der Waals surface area contributed by atoms with Crippen LogP contribution >= 0.6 is 0 Å². The van der Waals surface area contributed by atoms with Crippen LogP contribution in [0.3, 0.4) is 0 Å². The molecular weight excluding hydrogens is 273 g/mol. The summed E-state index contributed by atoms with van der Waals surface area (Å²) >= 11 is 0. The molecule has 1 saturated heterocycles. The Morgan fingerprint density at radius 2 is 2.11 bits per heavy atom. The number of hydrogen-bond acceptors (Lipinski definition) is 3. The molecule has 5 nitrogen and oxygen atoms in total. The molecule has 104 valence electrons. The molecule has 0 aromatic heterocycles. The summed E-state index contributed by atoms with van der Waals surface area (Å²) in [4.78, 5) is 10.7. The number of carboxylic acids is 1. The van der Waals surface area contributed by atoms with Crippen molar-refractivity contribution in [3.63, 3.8) is 0 Å². The molecule has 1 atom stereocenters. The normalized spacial score (nSPS) is 20.6. The van der Waals surface area contributed by atoms with Crippen molar-refractivity contribution >= 4 is 16.0 Å². The third kappa shape index (κ3) is 2.76. The van der Waals surface area contributed by atoms with Gasteiger partial charge in [-0.3, -0.25) is 4.79 Å². The van der Waals surface area contributed by atoms with Gasteiger partial charge >= 0.3 is 5.97 Å². The number of aryl methyl sites for hydroxylation is 1. The monoisotopic (exact) mass is 287 g/mol. The maximum absolute atomic E-state index is 13.3. The van der Waals surface area contributed by atoms with Crippen LogP contribution in [-0.2, 0) is 14.8 Å². The van der Waals surface area contributed by atoms with Crippen molar-refractivity contribution in [3.05, 3.63) is 29.6 Å². The number of rotatable bonds is 3. The molecule has 1 N–H and O–H groups in total. The zero-order chi connectivity index (χ0) is 14.2. The van der Waals surface area contributed by atoms with Gasteiger partial charge in [0.25, 0.3) is 0 Å². The molecule has 1 aliphatic heterocycles. The summed E-state index contributed by atoms with van der Waals surface area (Å²) in [5.74, 6) is -2.31. The van der Waals surface area contributed by atoms with Gasteiger partial charge in [-0.05, 0) is 37.1 Å². The van der Waals surface area contributed by atoms with Gasteiger partial charge in [-0.2, -0.15) is 4.31 Å². The van der Waals surface area contributed by atoms with Gasteiger partial charge in [0.1, 0.15) is 5.82 Å². The Morgan fingerprint density at radius 1 is 1.42 bits per heavy atom. The average molecular weight is 287 g/mol. The largest absolute Gasteiger partial charge is 0.481 e. The lowest BCUT2D eigenvalue weighted by Crippen LogP contribution is -2.30. The topological polar surface area (TPSA) is 74.7 Å². The van der Waals surface area contributed by atoms with E-state index in [9.17, 15) is 17.6 Å².